The third-order valence-electron chi connectivity index (χ3n) is 4.43. The van der Waals surface area contributed by atoms with Crippen LogP contribution in [0.25, 0.3) is 0 Å². The van der Waals surface area contributed by atoms with Gasteiger partial charge in [-0.15, -0.1) is 0 Å². The molecule has 110 valence electrons. The minimum Gasteiger partial charge on any atom is -0.492 e. The lowest BCUT2D eigenvalue weighted by atomic mass is 10.1. The van der Waals surface area contributed by atoms with E-state index in [2.05, 4.69) is 22.9 Å². The Morgan fingerprint density at radius 2 is 2.05 bits per heavy atom. The molecule has 0 unspecified atom stereocenters. The number of aliphatic hydroxyl groups is 1. The van der Waals surface area contributed by atoms with E-state index in [1.54, 1.807) is 0 Å². The lowest BCUT2D eigenvalue weighted by Gasteiger charge is -2.32. The Morgan fingerprint density at radius 3 is 2.85 bits per heavy atom. The van der Waals surface area contributed by atoms with Gasteiger partial charge in [0.25, 0.3) is 0 Å². The Kier molecular flexibility index (Phi) is 4.24. The summed E-state index contributed by atoms with van der Waals surface area (Å²) in [5.41, 5.74) is 2.33. The van der Waals surface area contributed by atoms with Crippen LogP contribution in [0.4, 0.5) is 0 Å². The van der Waals surface area contributed by atoms with Crippen molar-refractivity contribution >= 4 is 0 Å². The van der Waals surface area contributed by atoms with Crippen LogP contribution in [-0.2, 0) is 6.42 Å². The summed E-state index contributed by atoms with van der Waals surface area (Å²) in [5.74, 6) is 0.937. The molecule has 0 radical (unpaired) electrons. The van der Waals surface area contributed by atoms with Crippen LogP contribution in [0.15, 0.2) is 18.2 Å². The van der Waals surface area contributed by atoms with Crippen molar-refractivity contribution < 1.29 is 9.84 Å². The van der Waals surface area contributed by atoms with Crippen LogP contribution in [0.3, 0.4) is 0 Å². The lowest BCUT2D eigenvalue weighted by molar-refractivity contribution is 0.133. The molecule has 2 aliphatic rings. The van der Waals surface area contributed by atoms with Crippen molar-refractivity contribution in [1.82, 2.24) is 9.80 Å². The highest BCUT2D eigenvalue weighted by atomic mass is 16.5. The fraction of sp³-hybridized carbons (Fsp3) is 0.625. The van der Waals surface area contributed by atoms with Gasteiger partial charge >= 0.3 is 0 Å². The van der Waals surface area contributed by atoms with E-state index in [0.29, 0.717) is 0 Å². The van der Waals surface area contributed by atoms with Crippen molar-refractivity contribution in [2.75, 3.05) is 46.4 Å². The van der Waals surface area contributed by atoms with Gasteiger partial charge in [0.15, 0.2) is 0 Å². The largest absolute Gasteiger partial charge is 0.492 e. The first-order valence-electron chi connectivity index (χ1n) is 7.57. The van der Waals surface area contributed by atoms with Gasteiger partial charge in [0.05, 0.1) is 6.10 Å². The number of hydrogen-bond acceptors (Lipinski definition) is 4. The van der Waals surface area contributed by atoms with Crippen LogP contribution in [0.2, 0.25) is 0 Å². The lowest BCUT2D eigenvalue weighted by Crippen LogP contribution is -2.45. The first-order chi connectivity index (χ1) is 9.72. The highest BCUT2D eigenvalue weighted by molar-refractivity contribution is 5.39. The maximum Gasteiger partial charge on any atom is 0.119 e. The maximum atomic E-state index is 9.79. The van der Waals surface area contributed by atoms with Crippen LogP contribution in [-0.4, -0.2) is 61.3 Å². The normalized spacial score (nSPS) is 23.8. The van der Waals surface area contributed by atoms with Gasteiger partial charge in [0.1, 0.15) is 12.4 Å². The zero-order chi connectivity index (χ0) is 13.9. The van der Waals surface area contributed by atoms with Crippen molar-refractivity contribution in [2.24, 2.45) is 0 Å². The Morgan fingerprint density at radius 1 is 1.25 bits per heavy atom. The number of nitrogens with zero attached hydrogens (tertiary/aromatic N) is 2. The molecule has 0 bridgehead atoms. The molecular weight excluding hydrogens is 252 g/mol. The third kappa shape index (κ3) is 3.14. The zero-order valence-corrected chi connectivity index (χ0v) is 12.2. The third-order valence-corrected chi connectivity index (χ3v) is 4.43. The minimum atomic E-state index is -0.274. The molecule has 0 amide bonds. The molecule has 1 aromatic rings. The predicted octanol–water partition coefficient (Wildman–Crippen LogP) is 1.29. The van der Waals surface area contributed by atoms with E-state index < -0.39 is 0 Å². The molecular formula is C16H24N2O2. The first-order valence-corrected chi connectivity index (χ1v) is 7.57. The summed E-state index contributed by atoms with van der Waals surface area (Å²) in [6.45, 7) is 6.30. The van der Waals surface area contributed by atoms with Crippen LogP contribution in [0.1, 0.15) is 23.7 Å². The maximum absolute atomic E-state index is 9.79. The fourth-order valence-corrected chi connectivity index (χ4v) is 3.03. The zero-order valence-electron chi connectivity index (χ0n) is 12.2. The number of hydrogen-bond donors (Lipinski definition) is 1. The molecule has 3 rings (SSSR count). The SMILES string of the molecule is CN1CCN(CCOc2ccc3c(c2)CC[C@H]3O)CC1. The van der Waals surface area contributed by atoms with Gasteiger partial charge in [-0.2, -0.15) is 0 Å². The monoisotopic (exact) mass is 276 g/mol. The summed E-state index contributed by atoms with van der Waals surface area (Å²) >= 11 is 0. The molecule has 4 heteroatoms. The fourth-order valence-electron chi connectivity index (χ4n) is 3.03. The smallest absolute Gasteiger partial charge is 0.119 e. The van der Waals surface area contributed by atoms with Crippen molar-refractivity contribution in [3.05, 3.63) is 29.3 Å². The van der Waals surface area contributed by atoms with Gasteiger partial charge in [-0.1, -0.05) is 6.07 Å². The second-order valence-electron chi connectivity index (χ2n) is 5.91. The number of fused-ring (bicyclic) bond motifs is 1. The number of rotatable bonds is 4. The number of ether oxygens (including phenoxy) is 1. The summed E-state index contributed by atoms with van der Waals surface area (Å²) in [5, 5.41) is 9.79. The minimum absolute atomic E-state index is 0.274. The van der Waals surface area contributed by atoms with E-state index >= 15 is 0 Å². The molecule has 1 aromatic carbocycles. The van der Waals surface area contributed by atoms with Crippen molar-refractivity contribution in [1.29, 1.82) is 0 Å². The van der Waals surface area contributed by atoms with Crippen LogP contribution < -0.4 is 4.74 Å². The van der Waals surface area contributed by atoms with E-state index in [9.17, 15) is 5.11 Å². The van der Waals surface area contributed by atoms with Crippen LogP contribution in [0, 0.1) is 0 Å². The molecule has 4 nitrogen and oxygen atoms in total. The molecule has 0 saturated carbocycles. The van der Waals surface area contributed by atoms with E-state index in [4.69, 9.17) is 4.74 Å². The summed E-state index contributed by atoms with van der Waals surface area (Å²) < 4.78 is 5.86. The van der Waals surface area contributed by atoms with Crippen molar-refractivity contribution in [2.45, 2.75) is 18.9 Å². The summed E-state index contributed by atoms with van der Waals surface area (Å²) in [7, 11) is 2.17. The highest BCUT2D eigenvalue weighted by Crippen LogP contribution is 2.33. The van der Waals surface area contributed by atoms with Gasteiger partial charge in [-0.05, 0) is 43.1 Å². The van der Waals surface area contributed by atoms with Gasteiger partial charge in [-0.3, -0.25) is 4.90 Å². The molecule has 0 spiro atoms. The Hall–Kier alpha value is -1.10. The van der Waals surface area contributed by atoms with E-state index in [1.807, 2.05) is 12.1 Å². The molecule has 1 aliphatic carbocycles. The van der Waals surface area contributed by atoms with Gasteiger partial charge in [-0.25, -0.2) is 0 Å². The standard InChI is InChI=1S/C16H24N2O2/c1-17-6-8-18(9-7-17)10-11-20-14-3-4-15-13(12-14)2-5-16(15)19/h3-4,12,16,19H,2,5-11H2,1H3/t16-/m1/s1. The second-order valence-corrected chi connectivity index (χ2v) is 5.91. The Balaban J connectivity index is 1.47. The average Bonchev–Trinajstić information content (AvgIpc) is 2.82. The predicted molar refractivity (Wildman–Crippen MR) is 79.2 cm³/mol. The number of piperazine rings is 1. The molecule has 1 saturated heterocycles. The topological polar surface area (TPSA) is 35.9 Å². The summed E-state index contributed by atoms with van der Waals surface area (Å²) in [6, 6.07) is 6.09. The second kappa shape index (κ2) is 6.12. The van der Waals surface area contributed by atoms with Crippen molar-refractivity contribution in [3.63, 3.8) is 0 Å². The first kappa shape index (κ1) is 13.9. The number of benzene rings is 1. The molecule has 1 heterocycles. The van der Waals surface area contributed by atoms with Gasteiger partial charge < -0.3 is 14.7 Å². The van der Waals surface area contributed by atoms with Crippen LogP contribution in [0.5, 0.6) is 5.75 Å². The highest BCUT2D eigenvalue weighted by Gasteiger charge is 2.20. The van der Waals surface area contributed by atoms with Gasteiger partial charge in [0.2, 0.25) is 0 Å². The summed E-state index contributed by atoms with van der Waals surface area (Å²) in [6.07, 6.45) is 1.54. The molecule has 1 atom stereocenters. The van der Waals surface area contributed by atoms with E-state index in [-0.39, 0.29) is 6.10 Å². The van der Waals surface area contributed by atoms with Gasteiger partial charge in [0, 0.05) is 32.7 Å². The number of aryl methyl sites for hydroxylation is 1. The quantitative estimate of drug-likeness (QED) is 0.899. The average molecular weight is 276 g/mol. The Bertz CT molecular complexity index is 456. The molecule has 1 aliphatic heterocycles. The molecule has 20 heavy (non-hydrogen) atoms. The molecule has 1 N–H and O–H groups in total. The Labute approximate surface area is 120 Å². The number of likely N-dealkylation sites (N-methyl/N-ethyl adjacent to an activating group) is 1. The van der Waals surface area contributed by atoms with Crippen LogP contribution >= 0.6 is 0 Å². The van der Waals surface area contributed by atoms with Crippen molar-refractivity contribution in [3.8, 4) is 5.75 Å². The molecule has 1 fully saturated rings. The van der Waals surface area contributed by atoms with E-state index in [0.717, 1.165) is 63.5 Å². The number of aliphatic hydroxyl groups excluding tert-OH is 1. The van der Waals surface area contributed by atoms with E-state index in [1.165, 1.54) is 5.56 Å². The molecule has 0 aromatic heterocycles. The summed E-state index contributed by atoms with van der Waals surface area (Å²) in [4.78, 5) is 4.82.